The SMILES string of the molecule is COCc1ccnc(CCNC(=O)/C=C/CN(C)C)n1. The van der Waals surface area contributed by atoms with Crippen LogP contribution in [-0.2, 0) is 22.6 Å². The lowest BCUT2D eigenvalue weighted by Gasteiger charge is -2.05. The minimum Gasteiger partial charge on any atom is -0.378 e. The highest BCUT2D eigenvalue weighted by Gasteiger charge is 2.00. The lowest BCUT2D eigenvalue weighted by molar-refractivity contribution is -0.116. The van der Waals surface area contributed by atoms with Gasteiger partial charge in [-0.1, -0.05) is 6.08 Å². The van der Waals surface area contributed by atoms with Gasteiger partial charge in [0.15, 0.2) is 0 Å². The molecule has 1 N–H and O–H groups in total. The van der Waals surface area contributed by atoms with E-state index >= 15 is 0 Å². The minimum atomic E-state index is -0.0973. The van der Waals surface area contributed by atoms with Crippen LogP contribution >= 0.6 is 0 Å². The number of nitrogens with one attached hydrogen (secondary N) is 1. The monoisotopic (exact) mass is 278 g/mol. The topological polar surface area (TPSA) is 67.3 Å². The number of ether oxygens (including phenoxy) is 1. The number of carbonyl (C=O) groups excluding carboxylic acids is 1. The molecule has 0 aliphatic rings. The maximum absolute atomic E-state index is 11.5. The average Bonchev–Trinajstić information content (AvgIpc) is 2.39. The molecule has 0 saturated heterocycles. The standard InChI is InChI=1S/C14H22N4O2/c1-18(2)10-4-5-14(19)16-9-7-13-15-8-6-12(17-13)11-20-3/h4-6,8H,7,9-11H2,1-3H3,(H,16,19)/b5-4+. The van der Waals surface area contributed by atoms with E-state index in [4.69, 9.17) is 4.74 Å². The summed E-state index contributed by atoms with van der Waals surface area (Å²) in [7, 11) is 5.53. The van der Waals surface area contributed by atoms with E-state index in [1.165, 1.54) is 0 Å². The second kappa shape index (κ2) is 9.17. The molecule has 1 amide bonds. The molecule has 0 fully saturated rings. The molecule has 110 valence electrons. The van der Waals surface area contributed by atoms with Crippen LogP contribution in [-0.4, -0.2) is 55.1 Å². The molecule has 0 unspecified atom stereocenters. The van der Waals surface area contributed by atoms with E-state index in [9.17, 15) is 4.79 Å². The fourth-order valence-corrected chi connectivity index (χ4v) is 1.52. The lowest BCUT2D eigenvalue weighted by Crippen LogP contribution is -2.24. The Kier molecular flexibility index (Phi) is 7.46. The lowest BCUT2D eigenvalue weighted by atomic mass is 10.3. The van der Waals surface area contributed by atoms with Crippen LogP contribution in [0.2, 0.25) is 0 Å². The van der Waals surface area contributed by atoms with Crippen LogP contribution in [0.1, 0.15) is 11.5 Å². The number of methoxy groups -OCH3 is 1. The molecule has 0 aliphatic heterocycles. The summed E-state index contributed by atoms with van der Waals surface area (Å²) in [6.07, 6.45) is 5.67. The van der Waals surface area contributed by atoms with Crippen molar-refractivity contribution in [1.29, 1.82) is 0 Å². The summed E-state index contributed by atoms with van der Waals surface area (Å²) >= 11 is 0. The van der Waals surface area contributed by atoms with E-state index in [2.05, 4.69) is 15.3 Å². The Bertz CT molecular complexity index is 447. The predicted molar refractivity (Wildman–Crippen MR) is 77.2 cm³/mol. The fourth-order valence-electron chi connectivity index (χ4n) is 1.52. The van der Waals surface area contributed by atoms with Gasteiger partial charge >= 0.3 is 0 Å². The van der Waals surface area contributed by atoms with Crippen molar-refractivity contribution in [3.63, 3.8) is 0 Å². The van der Waals surface area contributed by atoms with E-state index in [-0.39, 0.29) is 5.91 Å². The molecule has 0 spiro atoms. The molecule has 20 heavy (non-hydrogen) atoms. The first-order valence-electron chi connectivity index (χ1n) is 6.50. The van der Waals surface area contributed by atoms with Gasteiger partial charge in [-0.05, 0) is 20.2 Å². The van der Waals surface area contributed by atoms with Gasteiger partial charge < -0.3 is 15.0 Å². The highest BCUT2D eigenvalue weighted by Crippen LogP contribution is 1.97. The van der Waals surface area contributed by atoms with Crippen LogP contribution in [0.5, 0.6) is 0 Å². The van der Waals surface area contributed by atoms with Crippen LogP contribution < -0.4 is 5.32 Å². The van der Waals surface area contributed by atoms with Crippen molar-refractivity contribution in [2.45, 2.75) is 13.0 Å². The Morgan fingerprint density at radius 2 is 2.30 bits per heavy atom. The van der Waals surface area contributed by atoms with Crippen molar-refractivity contribution in [1.82, 2.24) is 20.2 Å². The molecule has 0 radical (unpaired) electrons. The molecule has 0 aromatic carbocycles. The van der Waals surface area contributed by atoms with Crippen LogP contribution in [0.15, 0.2) is 24.4 Å². The van der Waals surface area contributed by atoms with Gasteiger partial charge in [-0.25, -0.2) is 9.97 Å². The molecular formula is C14H22N4O2. The highest BCUT2D eigenvalue weighted by atomic mass is 16.5. The number of nitrogens with zero attached hydrogens (tertiary/aromatic N) is 3. The molecular weight excluding hydrogens is 256 g/mol. The Morgan fingerprint density at radius 3 is 3.00 bits per heavy atom. The first kappa shape index (κ1) is 16.3. The third-order valence-corrected chi connectivity index (χ3v) is 2.44. The summed E-state index contributed by atoms with van der Waals surface area (Å²) < 4.78 is 5.02. The number of aromatic nitrogens is 2. The number of amides is 1. The van der Waals surface area contributed by atoms with Gasteiger partial charge in [0.2, 0.25) is 5.91 Å². The largest absolute Gasteiger partial charge is 0.378 e. The Labute approximate surface area is 119 Å². The molecule has 0 atom stereocenters. The summed E-state index contributed by atoms with van der Waals surface area (Å²) in [6, 6.07) is 1.82. The zero-order chi connectivity index (χ0) is 14.8. The highest BCUT2D eigenvalue weighted by molar-refractivity contribution is 5.87. The maximum atomic E-state index is 11.5. The third-order valence-electron chi connectivity index (χ3n) is 2.44. The summed E-state index contributed by atoms with van der Waals surface area (Å²) in [6.45, 7) is 1.73. The normalized spacial score (nSPS) is 11.2. The zero-order valence-corrected chi connectivity index (χ0v) is 12.3. The van der Waals surface area contributed by atoms with Crippen molar-refractivity contribution < 1.29 is 9.53 Å². The van der Waals surface area contributed by atoms with Crippen molar-refractivity contribution in [3.8, 4) is 0 Å². The summed E-state index contributed by atoms with van der Waals surface area (Å²) in [5.74, 6) is 0.608. The quantitative estimate of drug-likeness (QED) is 0.697. The molecule has 6 heteroatoms. The van der Waals surface area contributed by atoms with E-state index in [1.54, 1.807) is 19.4 Å². The van der Waals surface area contributed by atoms with Gasteiger partial charge in [-0.15, -0.1) is 0 Å². The van der Waals surface area contributed by atoms with Gasteiger partial charge in [0.05, 0.1) is 12.3 Å². The molecule has 0 saturated carbocycles. The number of likely N-dealkylation sites (N-methyl/N-ethyl adjacent to an activating group) is 1. The van der Waals surface area contributed by atoms with Gasteiger partial charge in [-0.2, -0.15) is 0 Å². The molecule has 6 nitrogen and oxygen atoms in total. The Morgan fingerprint density at radius 1 is 1.50 bits per heavy atom. The van der Waals surface area contributed by atoms with Gasteiger partial charge in [-0.3, -0.25) is 4.79 Å². The number of carbonyl (C=O) groups is 1. The van der Waals surface area contributed by atoms with Gasteiger partial charge in [0, 0.05) is 38.9 Å². The second-order valence-electron chi connectivity index (χ2n) is 4.60. The molecule has 1 aromatic heterocycles. The Balaban J connectivity index is 2.31. The summed E-state index contributed by atoms with van der Waals surface area (Å²) in [4.78, 5) is 22.0. The maximum Gasteiger partial charge on any atom is 0.243 e. The van der Waals surface area contributed by atoms with Crippen molar-refractivity contribution in [3.05, 3.63) is 35.9 Å². The van der Waals surface area contributed by atoms with Crippen molar-refractivity contribution in [2.75, 3.05) is 34.3 Å². The van der Waals surface area contributed by atoms with E-state index in [1.807, 2.05) is 31.1 Å². The molecule has 1 heterocycles. The Hall–Kier alpha value is -1.79. The van der Waals surface area contributed by atoms with Crippen molar-refractivity contribution in [2.24, 2.45) is 0 Å². The second-order valence-corrected chi connectivity index (χ2v) is 4.60. The first-order chi connectivity index (χ1) is 9.61. The molecule has 1 aromatic rings. The van der Waals surface area contributed by atoms with Crippen LogP contribution in [0.25, 0.3) is 0 Å². The zero-order valence-electron chi connectivity index (χ0n) is 12.3. The fraction of sp³-hybridized carbons (Fsp3) is 0.500. The van der Waals surface area contributed by atoms with Gasteiger partial charge in [0.25, 0.3) is 0 Å². The van der Waals surface area contributed by atoms with Gasteiger partial charge in [0.1, 0.15) is 5.82 Å². The van der Waals surface area contributed by atoms with Crippen molar-refractivity contribution >= 4 is 5.91 Å². The predicted octanol–water partition coefficient (Wildman–Crippen LogP) is 0.400. The van der Waals surface area contributed by atoms with E-state index in [0.717, 1.165) is 12.2 Å². The molecule has 0 aliphatic carbocycles. The number of rotatable bonds is 8. The summed E-state index contributed by atoms with van der Waals surface area (Å²) in [5.41, 5.74) is 0.842. The smallest absolute Gasteiger partial charge is 0.243 e. The van der Waals surface area contributed by atoms with Crippen LogP contribution in [0.3, 0.4) is 0 Å². The first-order valence-corrected chi connectivity index (χ1v) is 6.50. The average molecular weight is 278 g/mol. The number of hydrogen-bond acceptors (Lipinski definition) is 5. The van der Waals surface area contributed by atoms with Crippen LogP contribution in [0, 0.1) is 0 Å². The van der Waals surface area contributed by atoms with E-state index < -0.39 is 0 Å². The number of hydrogen-bond donors (Lipinski definition) is 1. The van der Waals surface area contributed by atoms with Crippen LogP contribution in [0.4, 0.5) is 0 Å². The third kappa shape index (κ3) is 6.96. The minimum absolute atomic E-state index is 0.0973. The van der Waals surface area contributed by atoms with E-state index in [0.29, 0.717) is 25.4 Å². The summed E-state index contributed by atoms with van der Waals surface area (Å²) in [5, 5.41) is 2.80. The molecule has 0 bridgehead atoms. The molecule has 1 rings (SSSR count).